The first kappa shape index (κ1) is 20.2. The van der Waals surface area contributed by atoms with E-state index in [1.54, 1.807) is 12.1 Å². The van der Waals surface area contributed by atoms with Crippen molar-refractivity contribution in [2.45, 2.75) is 27.2 Å². The summed E-state index contributed by atoms with van der Waals surface area (Å²) in [5, 5.41) is 14.3. The fraction of sp³-hybridized carbons (Fsp3) is 0.350. The number of nitro groups is 1. The summed E-state index contributed by atoms with van der Waals surface area (Å²) in [7, 11) is 0. The summed E-state index contributed by atoms with van der Waals surface area (Å²) in [6.07, 6.45) is 0.651. The van der Waals surface area contributed by atoms with Crippen molar-refractivity contribution in [3.8, 4) is 11.5 Å². The van der Waals surface area contributed by atoms with Gasteiger partial charge in [0.1, 0.15) is 5.69 Å². The summed E-state index contributed by atoms with van der Waals surface area (Å²) >= 11 is 0. The molecule has 0 aromatic heterocycles. The first-order valence-electron chi connectivity index (χ1n) is 8.88. The standard InChI is InChI=1S/C20H24N2O5/c1-4-26-19-9-6-15(12-20(19)27-5-2)10-11-21-17-8-7-16(14(3)23)13-18(17)22(24)25/h6-9,12-13,21H,4-5,10-11H2,1-3H3. The maximum atomic E-state index is 11.4. The van der Waals surface area contributed by atoms with Crippen molar-refractivity contribution in [3.05, 3.63) is 57.6 Å². The van der Waals surface area contributed by atoms with Crippen LogP contribution in [0.1, 0.15) is 36.7 Å². The molecule has 2 aromatic carbocycles. The van der Waals surface area contributed by atoms with Crippen molar-refractivity contribution >= 4 is 17.2 Å². The molecule has 0 atom stereocenters. The number of hydrogen-bond acceptors (Lipinski definition) is 6. The van der Waals surface area contributed by atoms with Crippen LogP contribution < -0.4 is 14.8 Å². The van der Waals surface area contributed by atoms with Gasteiger partial charge in [0.05, 0.1) is 18.1 Å². The number of benzene rings is 2. The number of Topliss-reactive ketones (excluding diaryl/α,β-unsaturated/α-hetero) is 1. The fourth-order valence-corrected chi connectivity index (χ4v) is 2.64. The minimum absolute atomic E-state index is 0.107. The molecule has 0 saturated carbocycles. The summed E-state index contributed by atoms with van der Waals surface area (Å²) < 4.78 is 11.2. The zero-order chi connectivity index (χ0) is 19.8. The Morgan fingerprint density at radius 3 is 2.41 bits per heavy atom. The van der Waals surface area contributed by atoms with E-state index in [0.29, 0.717) is 48.9 Å². The first-order chi connectivity index (χ1) is 13.0. The molecule has 0 amide bonds. The van der Waals surface area contributed by atoms with Crippen molar-refractivity contribution in [2.75, 3.05) is 25.1 Å². The van der Waals surface area contributed by atoms with E-state index < -0.39 is 4.92 Å². The lowest BCUT2D eigenvalue weighted by atomic mass is 10.1. The number of carbonyl (C=O) groups excluding carboxylic acids is 1. The average molecular weight is 372 g/mol. The van der Waals surface area contributed by atoms with Gasteiger partial charge in [0.15, 0.2) is 17.3 Å². The van der Waals surface area contributed by atoms with Crippen molar-refractivity contribution in [2.24, 2.45) is 0 Å². The van der Waals surface area contributed by atoms with Crippen molar-refractivity contribution in [1.29, 1.82) is 0 Å². The van der Waals surface area contributed by atoms with Crippen LogP contribution in [0, 0.1) is 10.1 Å². The third-order valence-corrected chi connectivity index (χ3v) is 3.94. The van der Waals surface area contributed by atoms with E-state index in [-0.39, 0.29) is 11.5 Å². The lowest BCUT2D eigenvalue weighted by Gasteiger charge is -2.13. The second-order valence-corrected chi connectivity index (χ2v) is 5.87. The van der Waals surface area contributed by atoms with Gasteiger partial charge in [0.2, 0.25) is 0 Å². The van der Waals surface area contributed by atoms with Crippen LogP contribution in [-0.2, 0) is 6.42 Å². The number of nitro benzene ring substituents is 1. The molecule has 0 unspecified atom stereocenters. The average Bonchev–Trinajstić information content (AvgIpc) is 2.64. The van der Waals surface area contributed by atoms with Crippen LogP contribution in [-0.4, -0.2) is 30.5 Å². The molecule has 0 aliphatic rings. The molecule has 144 valence electrons. The number of hydrogen-bond donors (Lipinski definition) is 1. The van der Waals surface area contributed by atoms with Gasteiger partial charge in [-0.15, -0.1) is 0 Å². The number of nitrogens with one attached hydrogen (secondary N) is 1. The smallest absolute Gasteiger partial charge is 0.293 e. The van der Waals surface area contributed by atoms with Crippen LogP contribution in [0.2, 0.25) is 0 Å². The van der Waals surface area contributed by atoms with Gasteiger partial charge in [-0.1, -0.05) is 6.07 Å². The Balaban J connectivity index is 2.08. The molecular weight excluding hydrogens is 348 g/mol. The van der Waals surface area contributed by atoms with E-state index in [9.17, 15) is 14.9 Å². The summed E-state index contributed by atoms with van der Waals surface area (Å²) in [5.74, 6) is 1.18. The molecule has 2 rings (SSSR count). The molecule has 0 saturated heterocycles. The van der Waals surface area contributed by atoms with Crippen LogP contribution in [0.15, 0.2) is 36.4 Å². The largest absolute Gasteiger partial charge is 0.490 e. The molecule has 0 heterocycles. The van der Waals surface area contributed by atoms with Crippen LogP contribution in [0.3, 0.4) is 0 Å². The summed E-state index contributed by atoms with van der Waals surface area (Å²) in [5.41, 5.74) is 1.63. The molecular formula is C20H24N2O5. The lowest BCUT2D eigenvalue weighted by molar-refractivity contribution is -0.384. The van der Waals surface area contributed by atoms with Crippen LogP contribution in [0.25, 0.3) is 0 Å². The lowest BCUT2D eigenvalue weighted by Crippen LogP contribution is -2.08. The second-order valence-electron chi connectivity index (χ2n) is 5.87. The number of rotatable bonds is 10. The van der Waals surface area contributed by atoms with Gasteiger partial charge in [-0.2, -0.15) is 0 Å². The van der Waals surface area contributed by atoms with E-state index in [1.165, 1.54) is 13.0 Å². The zero-order valence-corrected chi connectivity index (χ0v) is 15.8. The topological polar surface area (TPSA) is 90.7 Å². The maximum absolute atomic E-state index is 11.4. The molecule has 2 aromatic rings. The van der Waals surface area contributed by atoms with Crippen LogP contribution in [0.4, 0.5) is 11.4 Å². The Labute approximate surface area is 158 Å². The molecule has 0 fully saturated rings. The van der Waals surface area contributed by atoms with E-state index in [4.69, 9.17) is 9.47 Å². The Bertz CT molecular complexity index is 820. The number of ketones is 1. The maximum Gasteiger partial charge on any atom is 0.293 e. The van der Waals surface area contributed by atoms with Crippen LogP contribution >= 0.6 is 0 Å². The van der Waals surface area contributed by atoms with Gasteiger partial charge in [0, 0.05) is 18.2 Å². The van der Waals surface area contributed by atoms with Gasteiger partial charge in [0.25, 0.3) is 5.69 Å². The minimum Gasteiger partial charge on any atom is -0.490 e. The van der Waals surface area contributed by atoms with Crippen molar-refractivity contribution in [1.82, 2.24) is 0 Å². The Kier molecular flexibility index (Phi) is 7.16. The molecule has 0 radical (unpaired) electrons. The second kappa shape index (κ2) is 9.56. The summed E-state index contributed by atoms with van der Waals surface area (Å²) in [6.45, 7) is 6.80. The van der Waals surface area contributed by atoms with E-state index in [0.717, 1.165) is 5.56 Å². The predicted octanol–water partition coefficient (Wildman–Crippen LogP) is 4.25. The number of ether oxygens (including phenoxy) is 2. The van der Waals surface area contributed by atoms with Gasteiger partial charge >= 0.3 is 0 Å². The monoisotopic (exact) mass is 372 g/mol. The Morgan fingerprint density at radius 1 is 1.07 bits per heavy atom. The van der Waals surface area contributed by atoms with Crippen molar-refractivity contribution < 1.29 is 19.2 Å². The van der Waals surface area contributed by atoms with Gasteiger partial charge in [-0.25, -0.2) is 0 Å². The summed E-state index contributed by atoms with van der Waals surface area (Å²) in [4.78, 5) is 22.2. The predicted molar refractivity (Wildman–Crippen MR) is 104 cm³/mol. The van der Waals surface area contributed by atoms with Crippen molar-refractivity contribution in [3.63, 3.8) is 0 Å². The normalized spacial score (nSPS) is 10.3. The third-order valence-electron chi connectivity index (χ3n) is 3.94. The zero-order valence-electron chi connectivity index (χ0n) is 15.8. The molecule has 0 aliphatic carbocycles. The highest BCUT2D eigenvalue weighted by Crippen LogP contribution is 2.29. The molecule has 1 N–H and O–H groups in total. The first-order valence-corrected chi connectivity index (χ1v) is 8.88. The van der Waals surface area contributed by atoms with E-state index in [1.807, 2.05) is 32.0 Å². The highest BCUT2D eigenvalue weighted by Gasteiger charge is 2.16. The van der Waals surface area contributed by atoms with Gasteiger partial charge < -0.3 is 14.8 Å². The number of anilines is 1. The molecule has 0 bridgehead atoms. The van der Waals surface area contributed by atoms with Gasteiger partial charge in [-0.3, -0.25) is 14.9 Å². The molecule has 7 heteroatoms. The van der Waals surface area contributed by atoms with Gasteiger partial charge in [-0.05, 0) is 57.0 Å². The number of nitrogens with zero attached hydrogens (tertiary/aromatic N) is 1. The van der Waals surface area contributed by atoms with E-state index >= 15 is 0 Å². The van der Waals surface area contributed by atoms with E-state index in [2.05, 4.69) is 5.32 Å². The highest BCUT2D eigenvalue weighted by atomic mass is 16.6. The summed E-state index contributed by atoms with van der Waals surface area (Å²) in [6, 6.07) is 10.2. The molecule has 27 heavy (non-hydrogen) atoms. The Morgan fingerprint density at radius 2 is 1.78 bits per heavy atom. The SMILES string of the molecule is CCOc1ccc(CCNc2ccc(C(C)=O)cc2[N+](=O)[O-])cc1OCC. The third kappa shape index (κ3) is 5.44. The fourth-order valence-electron chi connectivity index (χ4n) is 2.64. The quantitative estimate of drug-likeness (QED) is 0.381. The molecule has 7 nitrogen and oxygen atoms in total. The van der Waals surface area contributed by atoms with Crippen LogP contribution in [0.5, 0.6) is 11.5 Å². The molecule has 0 aliphatic heterocycles. The highest BCUT2D eigenvalue weighted by molar-refractivity contribution is 5.95. The Hall–Kier alpha value is -3.09. The number of carbonyl (C=O) groups is 1. The minimum atomic E-state index is -0.487. The molecule has 0 spiro atoms.